The molecule has 1 aliphatic rings. The SMILES string of the molecule is C[C@@H](O)[C@H]1O[C@@H](n2cnc3cnc(N)nc32)[C@@](F)(C#CCl)C1O. The lowest BCUT2D eigenvalue weighted by Gasteiger charge is -2.23. The number of nitrogen functional groups attached to an aromatic ring is 1. The van der Waals surface area contributed by atoms with Crippen molar-refractivity contribution in [3.05, 3.63) is 12.5 Å². The summed E-state index contributed by atoms with van der Waals surface area (Å²) >= 11 is 5.33. The Morgan fingerprint density at radius 1 is 1.57 bits per heavy atom. The zero-order chi connectivity index (χ0) is 16.8. The number of hydrogen-bond donors (Lipinski definition) is 3. The summed E-state index contributed by atoms with van der Waals surface area (Å²) in [4.78, 5) is 11.8. The Balaban J connectivity index is 2.14. The molecule has 23 heavy (non-hydrogen) atoms. The molecule has 0 amide bonds. The summed E-state index contributed by atoms with van der Waals surface area (Å²) in [5.41, 5.74) is 3.55. The number of aliphatic hydroxyl groups is 2. The largest absolute Gasteiger partial charge is 0.391 e. The predicted octanol–water partition coefficient (Wildman–Crippen LogP) is -0.0444. The van der Waals surface area contributed by atoms with Crippen LogP contribution in [0, 0.1) is 11.3 Å². The van der Waals surface area contributed by atoms with Crippen LogP contribution in [0.15, 0.2) is 12.5 Å². The molecule has 0 radical (unpaired) electrons. The van der Waals surface area contributed by atoms with E-state index in [1.165, 1.54) is 24.0 Å². The van der Waals surface area contributed by atoms with Crippen LogP contribution in [0.2, 0.25) is 0 Å². The van der Waals surface area contributed by atoms with Gasteiger partial charge in [0.05, 0.1) is 18.6 Å². The van der Waals surface area contributed by atoms with Gasteiger partial charge in [-0.2, -0.15) is 4.98 Å². The highest BCUT2D eigenvalue weighted by Crippen LogP contribution is 2.43. The number of fused-ring (bicyclic) bond motifs is 1. The van der Waals surface area contributed by atoms with Gasteiger partial charge < -0.3 is 20.7 Å². The number of alkyl halides is 1. The monoisotopic (exact) mass is 341 g/mol. The van der Waals surface area contributed by atoms with Crippen molar-refractivity contribution in [1.29, 1.82) is 0 Å². The van der Waals surface area contributed by atoms with Crippen LogP contribution in [-0.4, -0.2) is 53.7 Å². The van der Waals surface area contributed by atoms with E-state index in [0.29, 0.717) is 5.52 Å². The molecule has 4 N–H and O–H groups in total. The molecule has 0 saturated carbocycles. The second kappa shape index (κ2) is 5.58. The number of anilines is 1. The van der Waals surface area contributed by atoms with Gasteiger partial charge in [0.2, 0.25) is 11.6 Å². The molecule has 0 spiro atoms. The molecule has 3 rings (SSSR count). The summed E-state index contributed by atoms with van der Waals surface area (Å²) in [7, 11) is 0. The van der Waals surface area contributed by atoms with E-state index in [-0.39, 0.29) is 11.6 Å². The van der Waals surface area contributed by atoms with Crippen LogP contribution in [0.4, 0.5) is 10.3 Å². The number of halogens is 2. The van der Waals surface area contributed by atoms with Gasteiger partial charge in [-0.1, -0.05) is 0 Å². The third kappa shape index (κ3) is 2.40. The number of ether oxygens (including phenoxy) is 1. The molecule has 0 aliphatic carbocycles. The molecule has 0 aromatic carbocycles. The fourth-order valence-corrected chi connectivity index (χ4v) is 2.72. The van der Waals surface area contributed by atoms with E-state index >= 15 is 4.39 Å². The van der Waals surface area contributed by atoms with Gasteiger partial charge in [0.25, 0.3) is 0 Å². The van der Waals surface area contributed by atoms with Gasteiger partial charge >= 0.3 is 0 Å². The van der Waals surface area contributed by atoms with Crippen molar-refractivity contribution < 1.29 is 19.3 Å². The van der Waals surface area contributed by atoms with Crippen LogP contribution in [-0.2, 0) is 4.74 Å². The Hall–Kier alpha value is -1.99. The van der Waals surface area contributed by atoms with Crippen molar-refractivity contribution in [2.24, 2.45) is 0 Å². The minimum Gasteiger partial charge on any atom is -0.391 e. The Morgan fingerprint density at radius 2 is 2.30 bits per heavy atom. The van der Waals surface area contributed by atoms with Crippen LogP contribution in [0.1, 0.15) is 13.2 Å². The van der Waals surface area contributed by atoms with E-state index in [1.54, 1.807) is 0 Å². The molecule has 2 aromatic heterocycles. The molecular formula is C13H13ClFN5O3. The first-order valence-electron chi connectivity index (χ1n) is 6.67. The second-order valence-electron chi connectivity index (χ2n) is 5.21. The van der Waals surface area contributed by atoms with Gasteiger partial charge in [0.15, 0.2) is 11.9 Å². The van der Waals surface area contributed by atoms with Crippen molar-refractivity contribution in [3.63, 3.8) is 0 Å². The molecule has 3 heterocycles. The number of rotatable bonds is 2. The van der Waals surface area contributed by atoms with E-state index < -0.39 is 30.2 Å². The summed E-state index contributed by atoms with van der Waals surface area (Å²) in [5.74, 6) is 2.08. The van der Waals surface area contributed by atoms with E-state index in [2.05, 4.69) is 20.9 Å². The zero-order valence-electron chi connectivity index (χ0n) is 11.9. The van der Waals surface area contributed by atoms with Crippen molar-refractivity contribution in [3.8, 4) is 11.3 Å². The lowest BCUT2D eigenvalue weighted by atomic mass is 9.95. The average Bonchev–Trinajstić information content (AvgIpc) is 3.00. The molecule has 1 fully saturated rings. The third-order valence-electron chi connectivity index (χ3n) is 3.69. The normalized spacial score (nSPS) is 31.8. The summed E-state index contributed by atoms with van der Waals surface area (Å²) in [6, 6.07) is 0. The lowest BCUT2D eigenvalue weighted by molar-refractivity contribution is -0.0776. The summed E-state index contributed by atoms with van der Waals surface area (Å²) < 4.78 is 22.0. The van der Waals surface area contributed by atoms with Crippen molar-refractivity contribution in [2.45, 2.75) is 37.1 Å². The summed E-state index contributed by atoms with van der Waals surface area (Å²) in [6.45, 7) is 1.37. The fourth-order valence-electron chi connectivity index (χ4n) is 2.57. The van der Waals surface area contributed by atoms with Gasteiger partial charge in [-0.25, -0.2) is 14.4 Å². The number of nitrogens with two attached hydrogens (primary N) is 1. The minimum absolute atomic E-state index is 0.0299. The van der Waals surface area contributed by atoms with Crippen LogP contribution >= 0.6 is 11.6 Å². The molecule has 10 heteroatoms. The van der Waals surface area contributed by atoms with Crippen molar-refractivity contribution >= 4 is 28.7 Å². The molecule has 2 aromatic rings. The number of hydrogen-bond acceptors (Lipinski definition) is 7. The van der Waals surface area contributed by atoms with E-state index in [4.69, 9.17) is 22.1 Å². The molecule has 8 nitrogen and oxygen atoms in total. The Bertz CT molecular complexity index is 804. The molecule has 5 atom stereocenters. The van der Waals surface area contributed by atoms with Gasteiger partial charge in [-0.15, -0.1) is 0 Å². The maximum atomic E-state index is 15.3. The first kappa shape index (κ1) is 15.9. The van der Waals surface area contributed by atoms with Crippen molar-refractivity contribution in [1.82, 2.24) is 19.5 Å². The number of aliphatic hydroxyl groups excluding tert-OH is 2. The van der Waals surface area contributed by atoms with Crippen LogP contribution in [0.25, 0.3) is 11.2 Å². The highest BCUT2D eigenvalue weighted by atomic mass is 35.5. The van der Waals surface area contributed by atoms with E-state index in [9.17, 15) is 10.2 Å². The highest BCUT2D eigenvalue weighted by molar-refractivity contribution is 6.30. The first-order valence-corrected chi connectivity index (χ1v) is 7.04. The average molecular weight is 342 g/mol. The van der Waals surface area contributed by atoms with Crippen LogP contribution in [0.3, 0.4) is 0 Å². The molecule has 122 valence electrons. The molecule has 1 saturated heterocycles. The topological polar surface area (TPSA) is 119 Å². The van der Waals surface area contributed by atoms with Gasteiger partial charge in [0, 0.05) is 5.38 Å². The summed E-state index contributed by atoms with van der Waals surface area (Å²) in [6.07, 6.45) is -2.81. The third-order valence-corrected chi connectivity index (χ3v) is 3.78. The van der Waals surface area contributed by atoms with E-state index in [1.807, 2.05) is 5.38 Å². The molecule has 1 aliphatic heterocycles. The maximum Gasteiger partial charge on any atom is 0.244 e. The van der Waals surface area contributed by atoms with Crippen LogP contribution < -0.4 is 5.73 Å². The van der Waals surface area contributed by atoms with Gasteiger partial charge in [-0.3, -0.25) is 4.57 Å². The van der Waals surface area contributed by atoms with Crippen LogP contribution in [0.5, 0.6) is 0 Å². The molecular weight excluding hydrogens is 329 g/mol. The van der Waals surface area contributed by atoms with E-state index in [0.717, 1.165) is 0 Å². The molecule has 1 unspecified atom stereocenters. The predicted molar refractivity (Wildman–Crippen MR) is 78.8 cm³/mol. The first-order chi connectivity index (χ1) is 10.9. The standard InChI is InChI=1S/C13H13ClFN5O3/c1-6(21)8-9(22)13(15,2-3-14)11(23-8)20-5-18-7-4-17-12(16)19-10(7)20/h4-6,8-9,11,21-22H,1H3,(H2,16,17,19)/t6-,8-,9?,11-,13-/m1/s1. The molecule has 0 bridgehead atoms. The number of imidazole rings is 1. The second-order valence-corrected chi connectivity index (χ2v) is 5.40. The summed E-state index contributed by atoms with van der Waals surface area (Å²) in [5, 5.41) is 21.8. The Kier molecular flexibility index (Phi) is 3.85. The maximum absolute atomic E-state index is 15.3. The Morgan fingerprint density at radius 3 is 2.96 bits per heavy atom. The van der Waals surface area contributed by atoms with Gasteiger partial charge in [-0.05, 0) is 24.4 Å². The smallest absolute Gasteiger partial charge is 0.244 e. The fraction of sp³-hybridized carbons (Fsp3) is 0.462. The minimum atomic E-state index is -2.56. The lowest BCUT2D eigenvalue weighted by Crippen LogP contribution is -2.44. The van der Waals surface area contributed by atoms with Crippen molar-refractivity contribution in [2.75, 3.05) is 5.73 Å². The zero-order valence-corrected chi connectivity index (χ0v) is 12.6. The number of aromatic nitrogens is 4. The van der Waals surface area contributed by atoms with Gasteiger partial charge in [0.1, 0.15) is 17.7 Å². The highest BCUT2D eigenvalue weighted by Gasteiger charge is 2.59. The Labute approximate surface area is 135 Å². The quantitative estimate of drug-likeness (QED) is 0.655. The number of nitrogens with zero attached hydrogens (tertiary/aromatic N) is 4.